The second-order valence-corrected chi connectivity index (χ2v) is 6.88. The molecule has 19 heavy (non-hydrogen) atoms. The van der Waals surface area contributed by atoms with Crippen LogP contribution in [0.5, 0.6) is 0 Å². The van der Waals surface area contributed by atoms with E-state index in [0.717, 1.165) is 17.9 Å². The van der Waals surface area contributed by atoms with Crippen molar-refractivity contribution < 1.29 is 4.79 Å². The number of nitrogens with one attached hydrogen (secondary N) is 2. The fourth-order valence-electron chi connectivity index (χ4n) is 1.68. The number of nitrogens with zero attached hydrogens (tertiary/aromatic N) is 1. The van der Waals surface area contributed by atoms with Gasteiger partial charge in [-0.15, -0.1) is 0 Å². The van der Waals surface area contributed by atoms with Crippen molar-refractivity contribution >= 4 is 23.5 Å². The summed E-state index contributed by atoms with van der Waals surface area (Å²) in [5.74, 6) is 1.25. The summed E-state index contributed by atoms with van der Waals surface area (Å²) in [5.41, 5.74) is 6.99. The molecule has 108 valence electrons. The molecular weight excluding hydrogens is 260 g/mol. The zero-order chi connectivity index (χ0) is 14.5. The maximum atomic E-state index is 11.8. The van der Waals surface area contributed by atoms with E-state index in [1.54, 1.807) is 11.8 Å². The van der Waals surface area contributed by atoms with Crippen LogP contribution in [0.25, 0.3) is 0 Å². The maximum absolute atomic E-state index is 11.8. The Kier molecular flexibility index (Phi) is 5.87. The van der Waals surface area contributed by atoms with E-state index in [-0.39, 0.29) is 11.3 Å². The Morgan fingerprint density at radius 1 is 1.58 bits per heavy atom. The number of rotatable bonds is 6. The molecule has 1 rings (SSSR count). The van der Waals surface area contributed by atoms with Crippen molar-refractivity contribution in [1.29, 1.82) is 0 Å². The van der Waals surface area contributed by atoms with Crippen molar-refractivity contribution in [1.82, 2.24) is 10.2 Å². The highest BCUT2D eigenvalue weighted by molar-refractivity contribution is 7.98. The van der Waals surface area contributed by atoms with E-state index in [2.05, 4.69) is 36.3 Å². The summed E-state index contributed by atoms with van der Waals surface area (Å²) in [4.78, 5) is 11.8. The minimum absolute atomic E-state index is 0.178. The number of nitrogens with two attached hydrogens (primary N) is 1. The molecule has 0 unspecified atom stereocenters. The van der Waals surface area contributed by atoms with Crippen molar-refractivity contribution in [2.45, 2.75) is 39.7 Å². The first-order valence-electron chi connectivity index (χ1n) is 6.41. The van der Waals surface area contributed by atoms with Gasteiger partial charge >= 0.3 is 0 Å². The van der Waals surface area contributed by atoms with Crippen LogP contribution in [0.3, 0.4) is 0 Å². The lowest BCUT2D eigenvalue weighted by Crippen LogP contribution is -2.36. The average molecular weight is 284 g/mol. The van der Waals surface area contributed by atoms with E-state index in [9.17, 15) is 4.79 Å². The summed E-state index contributed by atoms with van der Waals surface area (Å²) in [6.45, 7) is 6.47. The molecule has 0 radical (unpaired) electrons. The van der Waals surface area contributed by atoms with Gasteiger partial charge in [-0.25, -0.2) is 0 Å². The molecular formula is C13H24N4OS. The zero-order valence-corrected chi connectivity index (χ0v) is 12.9. The molecule has 1 heterocycles. The molecule has 0 aliphatic rings. The molecule has 6 heteroatoms. The number of carbonyl (C=O) groups excluding carboxylic acids is 1. The van der Waals surface area contributed by atoms with Crippen molar-refractivity contribution in [3.8, 4) is 0 Å². The normalized spacial score (nSPS) is 13.3. The van der Waals surface area contributed by atoms with Crippen LogP contribution in [0.1, 0.15) is 32.9 Å². The van der Waals surface area contributed by atoms with E-state index >= 15 is 0 Å². The second-order valence-electron chi connectivity index (χ2n) is 5.89. The van der Waals surface area contributed by atoms with E-state index in [1.165, 1.54) is 0 Å². The maximum Gasteiger partial charge on any atom is 0.242 e. The lowest BCUT2D eigenvalue weighted by molar-refractivity contribution is -0.117. The highest BCUT2D eigenvalue weighted by Crippen LogP contribution is 2.20. The number of aromatic nitrogens is 2. The number of carbonyl (C=O) groups is 1. The first kappa shape index (κ1) is 16.0. The third kappa shape index (κ3) is 6.11. The van der Waals surface area contributed by atoms with Crippen LogP contribution in [0.4, 0.5) is 5.82 Å². The molecule has 0 saturated heterocycles. The quantitative estimate of drug-likeness (QED) is 0.746. The molecule has 0 aliphatic heterocycles. The van der Waals surface area contributed by atoms with E-state index in [0.29, 0.717) is 12.2 Å². The van der Waals surface area contributed by atoms with E-state index in [1.807, 2.05) is 12.3 Å². The summed E-state index contributed by atoms with van der Waals surface area (Å²) in [6.07, 6.45) is 3.55. The van der Waals surface area contributed by atoms with Gasteiger partial charge in [0.15, 0.2) is 5.82 Å². The van der Waals surface area contributed by atoms with Gasteiger partial charge in [-0.1, -0.05) is 20.8 Å². The minimum Gasteiger partial charge on any atom is -0.320 e. The Hall–Kier alpha value is -1.01. The molecule has 0 spiro atoms. The third-order valence-corrected chi connectivity index (χ3v) is 3.22. The van der Waals surface area contributed by atoms with Crippen molar-refractivity contribution in [2.75, 3.05) is 17.3 Å². The monoisotopic (exact) mass is 284 g/mol. The largest absolute Gasteiger partial charge is 0.320 e. The van der Waals surface area contributed by atoms with Crippen LogP contribution in [0.2, 0.25) is 0 Å². The predicted molar refractivity (Wildman–Crippen MR) is 81.4 cm³/mol. The number of aromatic amines is 1. The lowest BCUT2D eigenvalue weighted by Gasteiger charge is -2.15. The Morgan fingerprint density at radius 2 is 2.26 bits per heavy atom. The SMILES string of the molecule is CSCC[C@H](N)C(=O)Nc1cc(CC(C)(C)C)[nH]n1. The number of thioether (sulfide) groups is 1. The van der Waals surface area contributed by atoms with Crippen molar-refractivity contribution in [3.63, 3.8) is 0 Å². The van der Waals surface area contributed by atoms with Gasteiger partial charge in [-0.3, -0.25) is 9.89 Å². The van der Waals surface area contributed by atoms with Crippen molar-refractivity contribution in [3.05, 3.63) is 11.8 Å². The molecule has 0 saturated carbocycles. The number of anilines is 1. The number of hydrogen-bond acceptors (Lipinski definition) is 4. The van der Waals surface area contributed by atoms with Gasteiger partial charge in [0.25, 0.3) is 0 Å². The smallest absolute Gasteiger partial charge is 0.242 e. The fourth-order valence-corrected chi connectivity index (χ4v) is 2.17. The molecule has 4 N–H and O–H groups in total. The topological polar surface area (TPSA) is 83.8 Å². The van der Waals surface area contributed by atoms with Crippen LogP contribution in [0.15, 0.2) is 6.07 Å². The molecule has 0 aliphatic carbocycles. The highest BCUT2D eigenvalue weighted by Gasteiger charge is 2.16. The van der Waals surface area contributed by atoms with Crippen LogP contribution in [0, 0.1) is 5.41 Å². The number of H-pyrrole nitrogens is 1. The summed E-state index contributed by atoms with van der Waals surface area (Å²) in [5, 5.41) is 9.77. The Morgan fingerprint density at radius 3 is 2.84 bits per heavy atom. The molecule has 1 aromatic rings. The molecule has 1 atom stereocenters. The minimum atomic E-state index is -0.477. The zero-order valence-electron chi connectivity index (χ0n) is 12.1. The summed E-state index contributed by atoms with van der Waals surface area (Å²) >= 11 is 1.68. The summed E-state index contributed by atoms with van der Waals surface area (Å²) < 4.78 is 0. The first-order valence-corrected chi connectivity index (χ1v) is 7.81. The Bertz CT molecular complexity index is 411. The van der Waals surface area contributed by atoms with Crippen LogP contribution in [-0.4, -0.2) is 34.2 Å². The Labute approximate surface area is 119 Å². The molecule has 0 fully saturated rings. The average Bonchev–Trinajstić information content (AvgIpc) is 2.70. The fraction of sp³-hybridized carbons (Fsp3) is 0.692. The van der Waals surface area contributed by atoms with Gasteiger partial charge in [0, 0.05) is 11.8 Å². The van der Waals surface area contributed by atoms with Gasteiger partial charge in [-0.2, -0.15) is 16.9 Å². The Balaban J connectivity index is 2.51. The van der Waals surface area contributed by atoms with Gasteiger partial charge in [0.1, 0.15) is 0 Å². The molecule has 5 nitrogen and oxygen atoms in total. The predicted octanol–water partition coefficient (Wildman–Crippen LogP) is 2.02. The molecule has 0 bridgehead atoms. The summed E-state index contributed by atoms with van der Waals surface area (Å²) in [7, 11) is 0. The van der Waals surface area contributed by atoms with E-state index < -0.39 is 6.04 Å². The van der Waals surface area contributed by atoms with Gasteiger partial charge in [-0.05, 0) is 30.3 Å². The molecule has 1 amide bonds. The van der Waals surface area contributed by atoms with Crippen LogP contribution >= 0.6 is 11.8 Å². The first-order chi connectivity index (χ1) is 8.81. The van der Waals surface area contributed by atoms with Gasteiger partial charge in [0.05, 0.1) is 6.04 Å². The molecule has 0 aromatic carbocycles. The van der Waals surface area contributed by atoms with Crippen LogP contribution < -0.4 is 11.1 Å². The summed E-state index contributed by atoms with van der Waals surface area (Å²) in [6, 6.07) is 1.39. The second kappa shape index (κ2) is 6.96. The standard InChI is InChI=1S/C13H24N4OS/c1-13(2,3)8-9-7-11(17-16-9)15-12(18)10(14)5-6-19-4/h7,10H,5-6,8,14H2,1-4H3,(H2,15,16,17,18)/t10-/m0/s1. The number of amides is 1. The van der Waals surface area contributed by atoms with E-state index in [4.69, 9.17) is 5.73 Å². The van der Waals surface area contributed by atoms with Gasteiger partial charge < -0.3 is 11.1 Å². The van der Waals surface area contributed by atoms with Crippen molar-refractivity contribution in [2.24, 2.45) is 11.1 Å². The van der Waals surface area contributed by atoms with Gasteiger partial charge in [0.2, 0.25) is 5.91 Å². The van der Waals surface area contributed by atoms with Crippen LogP contribution in [-0.2, 0) is 11.2 Å². The highest BCUT2D eigenvalue weighted by atomic mass is 32.2. The number of hydrogen-bond donors (Lipinski definition) is 3. The third-order valence-electron chi connectivity index (χ3n) is 2.57. The molecule has 1 aromatic heterocycles. The lowest BCUT2D eigenvalue weighted by atomic mass is 9.91.